The smallest absolute Gasteiger partial charge is 0.244 e. The van der Waals surface area contributed by atoms with Crippen LogP contribution in [0.5, 0.6) is 0 Å². The van der Waals surface area contributed by atoms with Gasteiger partial charge in [-0.15, -0.1) is 0 Å². The van der Waals surface area contributed by atoms with Crippen molar-refractivity contribution in [2.45, 2.75) is 13.3 Å². The van der Waals surface area contributed by atoms with Gasteiger partial charge in [0.1, 0.15) is 0 Å². The molecule has 2 N–H and O–H groups in total. The van der Waals surface area contributed by atoms with E-state index in [-0.39, 0.29) is 12.5 Å². The van der Waals surface area contributed by atoms with Crippen LogP contribution in [0.4, 0.5) is 0 Å². The molecule has 86 valence electrons. The first-order valence-electron chi connectivity index (χ1n) is 5.36. The van der Waals surface area contributed by atoms with Crippen LogP contribution in [0.15, 0.2) is 30.3 Å². The average Bonchev–Trinajstić information content (AvgIpc) is 2.28. The van der Waals surface area contributed by atoms with E-state index in [2.05, 4.69) is 5.32 Å². The van der Waals surface area contributed by atoms with Crippen molar-refractivity contribution in [3.8, 4) is 0 Å². The molecule has 3 nitrogen and oxygen atoms in total. The average molecular weight is 219 g/mol. The Bertz CT molecular complexity index is 372. The lowest BCUT2D eigenvalue weighted by molar-refractivity contribution is -0.116. The maximum atomic E-state index is 11.3. The Kier molecular flexibility index (Phi) is 5.29. The number of carbonyl (C=O) groups is 1. The second-order valence-corrected chi connectivity index (χ2v) is 3.56. The molecule has 1 aromatic carbocycles. The third-order valence-electron chi connectivity index (χ3n) is 2.24. The van der Waals surface area contributed by atoms with Gasteiger partial charge < -0.3 is 10.4 Å². The summed E-state index contributed by atoms with van der Waals surface area (Å²) in [6.45, 7) is 2.61. The topological polar surface area (TPSA) is 49.3 Å². The van der Waals surface area contributed by atoms with E-state index < -0.39 is 0 Å². The van der Waals surface area contributed by atoms with Crippen molar-refractivity contribution in [1.82, 2.24) is 5.32 Å². The summed E-state index contributed by atoms with van der Waals surface area (Å²) in [5, 5.41) is 11.2. The van der Waals surface area contributed by atoms with Gasteiger partial charge in [0.2, 0.25) is 5.91 Å². The van der Waals surface area contributed by atoms with Crippen LogP contribution in [0.2, 0.25) is 0 Å². The van der Waals surface area contributed by atoms with Crippen LogP contribution < -0.4 is 5.32 Å². The first-order chi connectivity index (χ1) is 7.74. The lowest BCUT2D eigenvalue weighted by Gasteiger charge is -2.00. The van der Waals surface area contributed by atoms with Gasteiger partial charge in [0.25, 0.3) is 0 Å². The summed E-state index contributed by atoms with van der Waals surface area (Å²) in [6, 6.07) is 7.88. The molecule has 0 aliphatic carbocycles. The molecular weight excluding hydrogens is 202 g/mol. The summed E-state index contributed by atoms with van der Waals surface area (Å²) < 4.78 is 0. The molecule has 1 rings (SSSR count). The predicted molar refractivity (Wildman–Crippen MR) is 64.9 cm³/mol. The monoisotopic (exact) mass is 219 g/mol. The number of aliphatic hydroxyl groups is 1. The fraction of sp³-hybridized carbons (Fsp3) is 0.308. The van der Waals surface area contributed by atoms with Crippen molar-refractivity contribution < 1.29 is 9.90 Å². The number of aryl methyl sites for hydroxylation is 1. The van der Waals surface area contributed by atoms with E-state index in [1.54, 1.807) is 6.08 Å². The molecule has 3 heteroatoms. The van der Waals surface area contributed by atoms with E-state index >= 15 is 0 Å². The summed E-state index contributed by atoms with van der Waals surface area (Å²) >= 11 is 0. The summed E-state index contributed by atoms with van der Waals surface area (Å²) in [5.74, 6) is -0.128. The Morgan fingerprint density at radius 1 is 1.44 bits per heavy atom. The molecule has 0 heterocycles. The number of carbonyl (C=O) groups excluding carboxylic acids is 1. The van der Waals surface area contributed by atoms with E-state index in [1.165, 1.54) is 6.08 Å². The fourth-order valence-corrected chi connectivity index (χ4v) is 1.29. The normalized spacial score (nSPS) is 10.6. The van der Waals surface area contributed by atoms with Gasteiger partial charge in [-0.05, 0) is 30.5 Å². The SMILES string of the molecule is Cc1ccccc1/C=C/C(=O)NCCCO. The maximum Gasteiger partial charge on any atom is 0.244 e. The number of aliphatic hydroxyl groups excluding tert-OH is 1. The molecule has 0 aliphatic rings. The van der Waals surface area contributed by atoms with Crippen LogP contribution in [-0.4, -0.2) is 24.2 Å². The minimum atomic E-state index is -0.128. The molecule has 1 amide bonds. The van der Waals surface area contributed by atoms with Crippen LogP contribution in [-0.2, 0) is 4.79 Å². The molecule has 0 aliphatic heterocycles. The van der Waals surface area contributed by atoms with Crippen LogP contribution in [0, 0.1) is 6.92 Å². The van der Waals surface area contributed by atoms with Gasteiger partial charge in [-0.1, -0.05) is 24.3 Å². The molecule has 0 spiro atoms. The molecule has 0 atom stereocenters. The molecule has 0 fully saturated rings. The lowest BCUT2D eigenvalue weighted by Crippen LogP contribution is -2.22. The van der Waals surface area contributed by atoms with E-state index in [9.17, 15) is 4.79 Å². The first-order valence-corrected chi connectivity index (χ1v) is 5.36. The van der Waals surface area contributed by atoms with Crippen molar-refractivity contribution in [2.24, 2.45) is 0 Å². The highest BCUT2D eigenvalue weighted by molar-refractivity contribution is 5.91. The van der Waals surface area contributed by atoms with Crippen molar-refractivity contribution in [3.63, 3.8) is 0 Å². The molecule has 0 bridgehead atoms. The number of nitrogens with one attached hydrogen (secondary N) is 1. The quantitative estimate of drug-likeness (QED) is 0.582. The number of hydrogen-bond donors (Lipinski definition) is 2. The van der Waals surface area contributed by atoms with Crippen LogP contribution in [0.1, 0.15) is 17.5 Å². The summed E-state index contributed by atoms with van der Waals surface area (Å²) in [5.41, 5.74) is 2.18. The summed E-state index contributed by atoms with van der Waals surface area (Å²) in [7, 11) is 0. The van der Waals surface area contributed by atoms with Gasteiger partial charge in [0.05, 0.1) is 0 Å². The fourth-order valence-electron chi connectivity index (χ4n) is 1.29. The Hall–Kier alpha value is -1.61. The lowest BCUT2D eigenvalue weighted by atomic mass is 10.1. The summed E-state index contributed by atoms with van der Waals surface area (Å²) in [6.07, 6.45) is 3.90. The third kappa shape index (κ3) is 4.28. The van der Waals surface area contributed by atoms with E-state index in [0.717, 1.165) is 11.1 Å². The highest BCUT2D eigenvalue weighted by Gasteiger charge is 1.95. The molecule has 16 heavy (non-hydrogen) atoms. The van der Waals surface area contributed by atoms with Crippen molar-refractivity contribution in [1.29, 1.82) is 0 Å². The first kappa shape index (κ1) is 12.5. The zero-order chi connectivity index (χ0) is 11.8. The van der Waals surface area contributed by atoms with Gasteiger partial charge in [0.15, 0.2) is 0 Å². The zero-order valence-electron chi connectivity index (χ0n) is 9.44. The Morgan fingerprint density at radius 3 is 2.88 bits per heavy atom. The standard InChI is InChI=1S/C13H17NO2/c1-11-5-2-3-6-12(11)7-8-13(16)14-9-4-10-15/h2-3,5-8,15H,4,9-10H2,1H3,(H,14,16)/b8-7+. The van der Waals surface area contributed by atoms with E-state index in [1.807, 2.05) is 31.2 Å². The number of benzene rings is 1. The number of hydrogen-bond acceptors (Lipinski definition) is 2. The van der Waals surface area contributed by atoms with Gasteiger partial charge in [-0.3, -0.25) is 4.79 Å². The number of rotatable bonds is 5. The molecule has 0 saturated heterocycles. The summed E-state index contributed by atoms with van der Waals surface area (Å²) in [4.78, 5) is 11.3. The van der Waals surface area contributed by atoms with E-state index in [0.29, 0.717) is 13.0 Å². The highest BCUT2D eigenvalue weighted by Crippen LogP contribution is 2.08. The largest absolute Gasteiger partial charge is 0.396 e. The minimum Gasteiger partial charge on any atom is -0.396 e. The van der Waals surface area contributed by atoms with Crippen LogP contribution in [0.25, 0.3) is 6.08 Å². The Balaban J connectivity index is 2.47. The Morgan fingerprint density at radius 2 is 2.19 bits per heavy atom. The molecule has 0 aromatic heterocycles. The highest BCUT2D eigenvalue weighted by atomic mass is 16.3. The van der Waals surface area contributed by atoms with E-state index in [4.69, 9.17) is 5.11 Å². The predicted octanol–water partition coefficient (Wildman–Crippen LogP) is 1.51. The van der Waals surface area contributed by atoms with Crippen LogP contribution >= 0.6 is 0 Å². The molecule has 0 saturated carbocycles. The van der Waals surface area contributed by atoms with Gasteiger partial charge >= 0.3 is 0 Å². The van der Waals surface area contributed by atoms with Crippen molar-refractivity contribution >= 4 is 12.0 Å². The van der Waals surface area contributed by atoms with Crippen LogP contribution in [0.3, 0.4) is 0 Å². The second-order valence-electron chi connectivity index (χ2n) is 3.56. The van der Waals surface area contributed by atoms with Gasteiger partial charge in [-0.25, -0.2) is 0 Å². The molecule has 0 unspecified atom stereocenters. The zero-order valence-corrected chi connectivity index (χ0v) is 9.44. The number of amides is 1. The third-order valence-corrected chi connectivity index (χ3v) is 2.24. The maximum absolute atomic E-state index is 11.3. The Labute approximate surface area is 95.8 Å². The second kappa shape index (κ2) is 6.80. The van der Waals surface area contributed by atoms with Gasteiger partial charge in [-0.2, -0.15) is 0 Å². The molecule has 0 radical (unpaired) electrons. The minimum absolute atomic E-state index is 0.0990. The van der Waals surface area contributed by atoms with Crippen molar-refractivity contribution in [3.05, 3.63) is 41.5 Å². The molecule has 1 aromatic rings. The molecular formula is C13H17NO2. The van der Waals surface area contributed by atoms with Crippen molar-refractivity contribution in [2.75, 3.05) is 13.2 Å². The van der Waals surface area contributed by atoms with Gasteiger partial charge in [0, 0.05) is 19.2 Å².